The van der Waals surface area contributed by atoms with Gasteiger partial charge in [-0.25, -0.2) is 4.98 Å². The summed E-state index contributed by atoms with van der Waals surface area (Å²) in [6.45, 7) is 3.62. The Morgan fingerprint density at radius 2 is 2.00 bits per heavy atom. The van der Waals surface area contributed by atoms with Gasteiger partial charge in [0.05, 0.1) is 0 Å². The van der Waals surface area contributed by atoms with Gasteiger partial charge in [-0.2, -0.15) is 11.8 Å². The minimum atomic E-state index is -0.750. The van der Waals surface area contributed by atoms with Crippen LogP contribution in [0.3, 0.4) is 0 Å². The molecule has 1 saturated heterocycles. The highest BCUT2D eigenvalue weighted by Crippen LogP contribution is 2.24. The zero-order chi connectivity index (χ0) is 20.9. The number of thioether (sulfide) groups is 1. The zero-order valence-corrected chi connectivity index (χ0v) is 17.6. The molecule has 0 saturated carbocycles. The van der Waals surface area contributed by atoms with Crippen molar-refractivity contribution < 1.29 is 19.1 Å². The van der Waals surface area contributed by atoms with Crippen LogP contribution in [0.15, 0.2) is 59.0 Å². The number of ether oxygens (including phenoxy) is 1. The molecule has 6 nitrogen and oxygen atoms in total. The number of hydrogen-bond acceptors (Lipinski definition) is 6. The van der Waals surface area contributed by atoms with Gasteiger partial charge < -0.3 is 14.3 Å². The van der Waals surface area contributed by atoms with Gasteiger partial charge in [0, 0.05) is 30.2 Å². The fraction of sp³-hybridized carbons (Fsp3) is 0.304. The first-order valence-corrected chi connectivity index (χ1v) is 11.0. The summed E-state index contributed by atoms with van der Waals surface area (Å²) >= 11 is 1.70. The Morgan fingerprint density at radius 3 is 2.73 bits per heavy atom. The van der Waals surface area contributed by atoms with E-state index >= 15 is 0 Å². The molecule has 0 spiro atoms. The molecule has 1 atom stereocenters. The number of carbonyl (C=O) groups is 1. The van der Waals surface area contributed by atoms with Crippen LogP contribution in [-0.2, 0) is 17.9 Å². The van der Waals surface area contributed by atoms with E-state index in [0.717, 1.165) is 40.6 Å². The molecule has 0 aliphatic carbocycles. The van der Waals surface area contributed by atoms with Crippen LogP contribution in [0.5, 0.6) is 5.75 Å². The lowest BCUT2D eigenvalue weighted by atomic mass is 10.1. The molecule has 1 aliphatic rings. The van der Waals surface area contributed by atoms with E-state index in [-0.39, 0.29) is 0 Å². The molecule has 4 rings (SSSR count). The van der Waals surface area contributed by atoms with E-state index in [9.17, 15) is 9.90 Å². The summed E-state index contributed by atoms with van der Waals surface area (Å²) in [5.74, 6) is 2.93. The number of aliphatic carboxylic acids is 1. The van der Waals surface area contributed by atoms with Crippen molar-refractivity contribution in [1.82, 2.24) is 9.88 Å². The Hall–Kier alpha value is -2.77. The Bertz CT molecular complexity index is 988. The molecule has 1 aromatic heterocycles. The maximum atomic E-state index is 11.5. The van der Waals surface area contributed by atoms with Gasteiger partial charge in [0.15, 0.2) is 0 Å². The van der Waals surface area contributed by atoms with Crippen molar-refractivity contribution in [3.8, 4) is 17.2 Å². The monoisotopic (exact) mass is 424 g/mol. The Morgan fingerprint density at radius 1 is 1.23 bits per heavy atom. The number of aryl methyl sites for hydroxylation is 1. The second-order valence-corrected chi connectivity index (χ2v) is 8.37. The van der Waals surface area contributed by atoms with Gasteiger partial charge in [-0.05, 0) is 36.8 Å². The van der Waals surface area contributed by atoms with E-state index in [1.54, 1.807) is 11.8 Å². The molecule has 2 aromatic carbocycles. The Labute approximate surface area is 179 Å². The van der Waals surface area contributed by atoms with Gasteiger partial charge >= 0.3 is 5.97 Å². The van der Waals surface area contributed by atoms with Gasteiger partial charge in [-0.1, -0.05) is 30.3 Å². The highest BCUT2D eigenvalue weighted by Gasteiger charge is 2.28. The minimum Gasteiger partial charge on any atom is -0.487 e. The maximum Gasteiger partial charge on any atom is 0.321 e. The van der Waals surface area contributed by atoms with Crippen molar-refractivity contribution in [3.63, 3.8) is 0 Å². The van der Waals surface area contributed by atoms with Crippen molar-refractivity contribution in [1.29, 1.82) is 0 Å². The molecule has 2 heterocycles. The average molecular weight is 425 g/mol. The second-order valence-electron chi connectivity index (χ2n) is 7.22. The third kappa shape index (κ3) is 4.86. The smallest absolute Gasteiger partial charge is 0.321 e. The highest BCUT2D eigenvalue weighted by atomic mass is 32.2. The summed E-state index contributed by atoms with van der Waals surface area (Å²) in [6, 6.07) is 17.2. The lowest BCUT2D eigenvalue weighted by molar-refractivity contribution is -0.142. The van der Waals surface area contributed by atoms with Crippen molar-refractivity contribution in [2.75, 3.05) is 18.1 Å². The van der Waals surface area contributed by atoms with Gasteiger partial charge in [0.25, 0.3) is 0 Å². The molecule has 1 aliphatic heterocycles. The van der Waals surface area contributed by atoms with Crippen LogP contribution in [-0.4, -0.2) is 45.1 Å². The first-order chi connectivity index (χ1) is 14.6. The van der Waals surface area contributed by atoms with Crippen LogP contribution < -0.4 is 4.74 Å². The number of benzene rings is 2. The SMILES string of the molecule is Cc1oc(-c2ccccc2)nc1COc1ccc(CN2CCSCC2C(=O)O)cc1. The highest BCUT2D eigenvalue weighted by molar-refractivity contribution is 7.99. The zero-order valence-electron chi connectivity index (χ0n) is 16.8. The predicted molar refractivity (Wildman–Crippen MR) is 117 cm³/mol. The molecular weight excluding hydrogens is 400 g/mol. The molecule has 156 valence electrons. The molecule has 0 bridgehead atoms. The Kier molecular flexibility index (Phi) is 6.40. The second kappa shape index (κ2) is 9.36. The molecular formula is C23H24N2O4S. The molecule has 1 unspecified atom stereocenters. The number of oxazole rings is 1. The Balaban J connectivity index is 1.36. The van der Waals surface area contributed by atoms with Gasteiger partial charge in [0.2, 0.25) is 5.89 Å². The van der Waals surface area contributed by atoms with Crippen LogP contribution >= 0.6 is 11.8 Å². The van der Waals surface area contributed by atoms with Crippen LogP contribution in [0.4, 0.5) is 0 Å². The lowest BCUT2D eigenvalue weighted by Gasteiger charge is -2.32. The first kappa shape index (κ1) is 20.5. The lowest BCUT2D eigenvalue weighted by Crippen LogP contribution is -2.46. The molecule has 1 fully saturated rings. The fourth-order valence-corrected chi connectivity index (χ4v) is 4.51. The molecule has 30 heavy (non-hydrogen) atoms. The van der Waals surface area contributed by atoms with E-state index in [0.29, 0.717) is 24.8 Å². The van der Waals surface area contributed by atoms with Crippen LogP contribution in [0, 0.1) is 6.92 Å². The fourth-order valence-electron chi connectivity index (χ4n) is 3.40. The number of aromatic nitrogens is 1. The standard InChI is InChI=1S/C23H24N2O4S/c1-16-20(24-22(29-16)18-5-3-2-4-6-18)14-28-19-9-7-17(8-10-19)13-25-11-12-30-15-21(25)23(26)27/h2-10,21H,11-15H2,1H3,(H,26,27). The number of hydrogen-bond donors (Lipinski definition) is 1. The van der Waals surface area contributed by atoms with E-state index in [1.807, 2.05) is 66.4 Å². The van der Waals surface area contributed by atoms with E-state index < -0.39 is 12.0 Å². The normalized spacial score (nSPS) is 17.0. The van der Waals surface area contributed by atoms with E-state index in [4.69, 9.17) is 9.15 Å². The third-order valence-electron chi connectivity index (χ3n) is 5.12. The van der Waals surface area contributed by atoms with Crippen molar-refractivity contribution in [2.24, 2.45) is 0 Å². The largest absolute Gasteiger partial charge is 0.487 e. The molecule has 0 radical (unpaired) electrons. The van der Waals surface area contributed by atoms with Gasteiger partial charge in [-0.15, -0.1) is 0 Å². The summed E-state index contributed by atoms with van der Waals surface area (Å²) in [6.07, 6.45) is 0. The number of rotatable bonds is 7. The van der Waals surface area contributed by atoms with E-state index in [2.05, 4.69) is 4.98 Å². The van der Waals surface area contributed by atoms with Gasteiger partial charge in [-0.3, -0.25) is 9.69 Å². The summed E-state index contributed by atoms with van der Waals surface area (Å²) in [5.41, 5.74) is 2.78. The molecule has 7 heteroatoms. The molecule has 1 N–H and O–H groups in total. The van der Waals surface area contributed by atoms with Gasteiger partial charge in [0.1, 0.15) is 29.9 Å². The number of carboxylic acids is 1. The minimum absolute atomic E-state index is 0.325. The number of nitrogens with zero attached hydrogens (tertiary/aromatic N) is 2. The third-order valence-corrected chi connectivity index (χ3v) is 6.15. The number of carboxylic acid groups (broad SMARTS) is 1. The van der Waals surface area contributed by atoms with Crippen molar-refractivity contribution in [2.45, 2.75) is 26.1 Å². The van der Waals surface area contributed by atoms with Crippen LogP contribution in [0.2, 0.25) is 0 Å². The summed E-state index contributed by atoms with van der Waals surface area (Å²) in [4.78, 5) is 18.0. The summed E-state index contributed by atoms with van der Waals surface area (Å²) in [7, 11) is 0. The average Bonchev–Trinajstić information content (AvgIpc) is 3.15. The van der Waals surface area contributed by atoms with Crippen LogP contribution in [0.25, 0.3) is 11.5 Å². The topological polar surface area (TPSA) is 75.8 Å². The van der Waals surface area contributed by atoms with Crippen molar-refractivity contribution in [3.05, 3.63) is 71.6 Å². The maximum absolute atomic E-state index is 11.5. The van der Waals surface area contributed by atoms with Crippen LogP contribution in [0.1, 0.15) is 17.0 Å². The van der Waals surface area contributed by atoms with E-state index in [1.165, 1.54) is 0 Å². The molecule has 3 aromatic rings. The summed E-state index contributed by atoms with van der Waals surface area (Å²) in [5, 5.41) is 9.42. The summed E-state index contributed by atoms with van der Waals surface area (Å²) < 4.78 is 11.7. The quantitative estimate of drug-likeness (QED) is 0.608. The van der Waals surface area contributed by atoms with Crippen molar-refractivity contribution >= 4 is 17.7 Å². The predicted octanol–water partition coefficient (Wildman–Crippen LogP) is 4.23. The first-order valence-electron chi connectivity index (χ1n) is 9.88. The molecule has 0 amide bonds.